The first-order valence-electron chi connectivity index (χ1n) is 6.59. The highest BCUT2D eigenvalue weighted by Crippen LogP contribution is 2.46. The number of carboxylic acids is 1. The van der Waals surface area contributed by atoms with Gasteiger partial charge in [0.05, 0.1) is 22.6 Å². The van der Waals surface area contributed by atoms with E-state index in [4.69, 9.17) is 9.84 Å². The Morgan fingerprint density at radius 3 is 2.28 bits per heavy atom. The summed E-state index contributed by atoms with van der Waals surface area (Å²) < 4.78 is 9.86. The van der Waals surface area contributed by atoms with Crippen molar-refractivity contribution in [3.8, 4) is 5.75 Å². The number of methoxy groups -OCH3 is 1. The van der Waals surface area contributed by atoms with Crippen molar-refractivity contribution in [2.75, 3.05) is 7.11 Å². The molecule has 11 heteroatoms. The van der Waals surface area contributed by atoms with E-state index in [-0.39, 0.29) is 6.54 Å². The van der Waals surface area contributed by atoms with Crippen molar-refractivity contribution < 1.29 is 14.6 Å². The molecule has 2 rings (SSSR count). The molecule has 0 unspecified atom stereocenters. The molecule has 0 amide bonds. The first kappa shape index (κ1) is 20.4. The number of carboxylic acid groups (broad SMARTS) is 1. The number of hydrogen-bond donors (Lipinski definition) is 1. The minimum Gasteiger partial charge on any atom is -0.495 e. The maximum atomic E-state index is 12.5. The second-order valence-corrected chi connectivity index (χ2v) is 7.98. The highest BCUT2D eigenvalue weighted by molar-refractivity contribution is 9.15. The molecule has 0 bridgehead atoms. The first-order valence-corrected chi connectivity index (χ1v) is 9.77. The summed E-state index contributed by atoms with van der Waals surface area (Å²) in [4.78, 5) is 35.5. The summed E-state index contributed by atoms with van der Waals surface area (Å²) in [6.45, 7) is -0.641. The van der Waals surface area contributed by atoms with Crippen molar-refractivity contribution in [1.82, 2.24) is 9.13 Å². The van der Waals surface area contributed by atoms with Crippen LogP contribution >= 0.6 is 63.7 Å². The van der Waals surface area contributed by atoms with E-state index in [1.165, 1.54) is 7.11 Å². The fourth-order valence-corrected chi connectivity index (χ4v) is 4.59. The monoisotopic (exact) mass is 602 g/mol. The van der Waals surface area contributed by atoms with Gasteiger partial charge in [-0.15, -0.1) is 0 Å². The molecule has 0 saturated heterocycles. The van der Waals surface area contributed by atoms with E-state index in [9.17, 15) is 14.4 Å². The normalized spacial score (nSPS) is 10.8. The van der Waals surface area contributed by atoms with E-state index in [0.29, 0.717) is 29.2 Å². The molecule has 0 aliphatic carbocycles. The second kappa shape index (κ2) is 8.19. The Labute approximate surface area is 175 Å². The molecule has 0 fully saturated rings. The van der Waals surface area contributed by atoms with Crippen LogP contribution in [0.3, 0.4) is 0 Å². The fourth-order valence-electron chi connectivity index (χ4n) is 2.14. The summed E-state index contributed by atoms with van der Waals surface area (Å²) in [5.74, 6) is -0.748. The van der Waals surface area contributed by atoms with Crippen LogP contribution in [0.25, 0.3) is 0 Å². The number of ether oxygens (including phenoxy) is 1. The van der Waals surface area contributed by atoms with Gasteiger partial charge in [0.15, 0.2) is 0 Å². The lowest BCUT2D eigenvalue weighted by Gasteiger charge is -2.17. The van der Waals surface area contributed by atoms with Gasteiger partial charge in [0.2, 0.25) is 0 Å². The predicted octanol–water partition coefficient (Wildman–Crippen LogP) is 3.20. The molecule has 1 aromatic heterocycles. The van der Waals surface area contributed by atoms with Gasteiger partial charge < -0.3 is 9.84 Å². The number of nitrogens with zero attached hydrogens (tertiary/aromatic N) is 2. The van der Waals surface area contributed by atoms with E-state index in [1.807, 2.05) is 0 Å². The highest BCUT2D eigenvalue weighted by Gasteiger charge is 2.21. The van der Waals surface area contributed by atoms with Crippen molar-refractivity contribution in [3.63, 3.8) is 0 Å². The molecular weight excluding hydrogens is 596 g/mol. The van der Waals surface area contributed by atoms with Crippen molar-refractivity contribution in [2.24, 2.45) is 0 Å². The number of hydrogen-bond acceptors (Lipinski definition) is 4. The lowest BCUT2D eigenvalue weighted by atomic mass is 10.2. The Morgan fingerprint density at radius 1 is 1.12 bits per heavy atom. The molecule has 0 aliphatic rings. The number of rotatable bonds is 5. The summed E-state index contributed by atoms with van der Waals surface area (Å²) in [5, 5.41) is 8.88. The van der Waals surface area contributed by atoms with Gasteiger partial charge >= 0.3 is 11.7 Å². The van der Waals surface area contributed by atoms with Gasteiger partial charge in [-0.1, -0.05) is 0 Å². The summed E-state index contributed by atoms with van der Waals surface area (Å²) in [6.07, 6.45) is 1.16. The summed E-state index contributed by atoms with van der Waals surface area (Å²) in [5.41, 5.74) is -0.730. The summed E-state index contributed by atoms with van der Waals surface area (Å²) in [7, 11) is 1.47. The van der Waals surface area contributed by atoms with Crippen LogP contribution in [0.4, 0.5) is 0 Å². The highest BCUT2D eigenvalue weighted by atomic mass is 79.9. The number of aliphatic carboxylic acids is 1. The van der Waals surface area contributed by atoms with Gasteiger partial charge in [-0.05, 0) is 63.7 Å². The lowest BCUT2D eigenvalue weighted by molar-refractivity contribution is -0.137. The minimum atomic E-state index is -1.18. The van der Waals surface area contributed by atoms with Crippen LogP contribution in [0, 0.1) is 0 Å². The zero-order chi connectivity index (χ0) is 18.9. The third kappa shape index (κ3) is 4.09. The van der Waals surface area contributed by atoms with Crippen molar-refractivity contribution in [1.29, 1.82) is 0 Å². The molecule has 134 valence electrons. The van der Waals surface area contributed by atoms with Crippen LogP contribution in [0.1, 0.15) is 5.56 Å². The molecule has 0 saturated carbocycles. The van der Waals surface area contributed by atoms with Gasteiger partial charge in [-0.2, -0.15) is 0 Å². The van der Waals surface area contributed by atoms with Gasteiger partial charge in [0.1, 0.15) is 12.3 Å². The largest absolute Gasteiger partial charge is 0.495 e. The van der Waals surface area contributed by atoms with E-state index in [0.717, 1.165) is 21.4 Å². The van der Waals surface area contributed by atoms with E-state index in [1.54, 1.807) is 0 Å². The topological polar surface area (TPSA) is 90.5 Å². The molecule has 25 heavy (non-hydrogen) atoms. The molecule has 1 N–H and O–H groups in total. The van der Waals surface area contributed by atoms with E-state index >= 15 is 0 Å². The lowest BCUT2D eigenvalue weighted by Crippen LogP contribution is -2.40. The molecule has 1 aromatic carbocycles. The molecule has 0 spiro atoms. The quantitative estimate of drug-likeness (QED) is 0.418. The first-order chi connectivity index (χ1) is 11.7. The van der Waals surface area contributed by atoms with Gasteiger partial charge in [-0.25, -0.2) is 4.79 Å². The molecule has 0 atom stereocenters. The van der Waals surface area contributed by atoms with Gasteiger partial charge in [0, 0.05) is 26.8 Å². The van der Waals surface area contributed by atoms with Crippen LogP contribution < -0.4 is 16.0 Å². The Hall–Kier alpha value is -0.910. The second-order valence-electron chi connectivity index (χ2n) is 4.81. The zero-order valence-electron chi connectivity index (χ0n) is 12.6. The SMILES string of the molecule is COc1c(Br)c(Br)c(Br)c(Br)c1Cn1c(=O)ccn(CC(=O)O)c1=O. The van der Waals surface area contributed by atoms with Crippen molar-refractivity contribution in [2.45, 2.75) is 13.1 Å². The smallest absolute Gasteiger partial charge is 0.331 e. The fraction of sp³-hybridized carbons (Fsp3) is 0.214. The molecule has 0 radical (unpaired) electrons. The Balaban J connectivity index is 2.67. The number of benzene rings is 1. The maximum Gasteiger partial charge on any atom is 0.331 e. The van der Waals surface area contributed by atoms with Crippen LogP contribution in [0.15, 0.2) is 39.7 Å². The molecule has 7 nitrogen and oxygen atoms in total. The van der Waals surface area contributed by atoms with Crippen LogP contribution in [-0.4, -0.2) is 27.3 Å². The summed E-state index contributed by atoms with van der Waals surface area (Å²) >= 11 is 13.6. The molecular formula is C14H10Br4N2O5. The minimum absolute atomic E-state index is 0.105. The Morgan fingerprint density at radius 2 is 1.72 bits per heavy atom. The standard InChI is InChI=1S/C14H10Br4N2O5/c1-25-13-6(9(15)10(16)11(17)12(13)18)4-20-7(21)2-3-19(14(20)24)5-8(22)23/h2-3H,4-5H2,1H3,(H,22,23). The van der Waals surface area contributed by atoms with Gasteiger partial charge in [0.25, 0.3) is 5.56 Å². The van der Waals surface area contributed by atoms with Crippen molar-refractivity contribution >= 4 is 69.7 Å². The molecule has 2 aromatic rings. The number of aromatic nitrogens is 2. The van der Waals surface area contributed by atoms with Crippen LogP contribution in [0.2, 0.25) is 0 Å². The van der Waals surface area contributed by atoms with E-state index in [2.05, 4.69) is 63.7 Å². The number of carbonyl (C=O) groups is 1. The number of halogens is 4. The molecule has 0 aliphatic heterocycles. The zero-order valence-corrected chi connectivity index (χ0v) is 18.9. The van der Waals surface area contributed by atoms with Crippen LogP contribution in [0.5, 0.6) is 5.75 Å². The predicted molar refractivity (Wildman–Crippen MR) is 105 cm³/mol. The molecule has 1 heterocycles. The van der Waals surface area contributed by atoms with E-state index < -0.39 is 23.8 Å². The Bertz CT molecular complexity index is 967. The average Bonchev–Trinajstić information content (AvgIpc) is 2.56. The average molecular weight is 606 g/mol. The maximum absolute atomic E-state index is 12.5. The third-order valence-corrected chi connectivity index (χ3v) is 8.10. The Kier molecular flexibility index (Phi) is 6.68. The van der Waals surface area contributed by atoms with Crippen LogP contribution in [-0.2, 0) is 17.9 Å². The van der Waals surface area contributed by atoms with Gasteiger partial charge in [-0.3, -0.25) is 18.7 Å². The summed E-state index contributed by atoms with van der Waals surface area (Å²) in [6, 6.07) is 1.15. The third-order valence-electron chi connectivity index (χ3n) is 3.28. The van der Waals surface area contributed by atoms with Crippen molar-refractivity contribution in [3.05, 3.63) is 56.6 Å².